The van der Waals surface area contributed by atoms with Crippen molar-refractivity contribution >= 4 is 12.2 Å². The van der Waals surface area contributed by atoms with Gasteiger partial charge in [-0.1, -0.05) is 12.2 Å². The molecule has 2 rings (SSSR count). The van der Waals surface area contributed by atoms with Gasteiger partial charge in [0.2, 0.25) is 0 Å². The Balaban J connectivity index is 2.33. The molecule has 2 aromatic rings. The van der Waals surface area contributed by atoms with Crippen molar-refractivity contribution in [3.63, 3.8) is 0 Å². The van der Waals surface area contributed by atoms with Crippen LogP contribution in [0, 0.1) is 4.64 Å². The summed E-state index contributed by atoms with van der Waals surface area (Å²) in [6.45, 7) is 5.52. The van der Waals surface area contributed by atoms with Crippen LogP contribution < -0.4 is 4.74 Å². The van der Waals surface area contributed by atoms with E-state index in [2.05, 4.69) is 15.0 Å². The molecule has 0 fully saturated rings. The highest BCUT2D eigenvalue weighted by Crippen LogP contribution is 2.21. The van der Waals surface area contributed by atoms with E-state index in [1.807, 2.05) is 19.9 Å². The molecule has 0 atom stereocenters. The number of hydrogen-bond acceptors (Lipinski definition) is 5. The van der Waals surface area contributed by atoms with Crippen LogP contribution >= 0.6 is 12.2 Å². The number of pyridine rings is 1. The Morgan fingerprint density at radius 2 is 2.05 bits per heavy atom. The molecule has 0 unspecified atom stereocenters. The van der Waals surface area contributed by atoms with Gasteiger partial charge in [0, 0.05) is 18.4 Å². The Hall–Kier alpha value is -1.79. The molecule has 6 heteroatoms. The summed E-state index contributed by atoms with van der Waals surface area (Å²) in [6, 6.07) is 3.72. The van der Waals surface area contributed by atoms with Crippen molar-refractivity contribution in [2.45, 2.75) is 20.5 Å². The molecule has 0 aromatic carbocycles. The molecule has 0 amide bonds. The van der Waals surface area contributed by atoms with Gasteiger partial charge < -0.3 is 14.5 Å². The third-order valence-corrected chi connectivity index (χ3v) is 2.78. The molecule has 2 heterocycles. The molecule has 1 N–H and O–H groups in total. The largest absolute Gasteiger partial charge is 0.492 e. The molecular weight excluding hydrogens is 274 g/mol. The Kier molecular flexibility index (Phi) is 5.20. The van der Waals surface area contributed by atoms with Crippen molar-refractivity contribution in [1.29, 1.82) is 0 Å². The fourth-order valence-corrected chi connectivity index (χ4v) is 1.97. The van der Waals surface area contributed by atoms with Crippen molar-refractivity contribution in [3.8, 4) is 17.0 Å². The highest BCUT2D eigenvalue weighted by molar-refractivity contribution is 7.71. The first-order valence-electron chi connectivity index (χ1n) is 6.49. The molecule has 20 heavy (non-hydrogen) atoms. The minimum atomic E-state index is 0.409. The summed E-state index contributed by atoms with van der Waals surface area (Å²) in [5, 5.41) is 0. The molecule has 0 aliphatic carbocycles. The monoisotopic (exact) mass is 291 g/mol. The van der Waals surface area contributed by atoms with E-state index in [9.17, 15) is 0 Å². The number of rotatable bonds is 6. The van der Waals surface area contributed by atoms with Crippen LogP contribution in [0.25, 0.3) is 11.3 Å². The highest BCUT2D eigenvalue weighted by Gasteiger charge is 2.04. The van der Waals surface area contributed by atoms with E-state index >= 15 is 0 Å². The maximum Gasteiger partial charge on any atom is 0.138 e. The van der Waals surface area contributed by atoms with Crippen molar-refractivity contribution in [2.24, 2.45) is 0 Å². The summed E-state index contributed by atoms with van der Waals surface area (Å²) in [7, 11) is 0. The molecule has 0 aliphatic rings. The normalized spacial score (nSPS) is 10.5. The van der Waals surface area contributed by atoms with Crippen LogP contribution in [0.5, 0.6) is 5.75 Å². The number of hydrogen-bond donors (Lipinski definition) is 1. The lowest BCUT2D eigenvalue weighted by Crippen LogP contribution is -2.01. The molecular formula is C14H17N3O2S. The Morgan fingerprint density at radius 1 is 1.20 bits per heavy atom. The third-order valence-electron chi connectivity index (χ3n) is 2.57. The van der Waals surface area contributed by atoms with Crippen LogP contribution in [0.4, 0.5) is 0 Å². The zero-order valence-electron chi connectivity index (χ0n) is 11.5. The van der Waals surface area contributed by atoms with Crippen LogP contribution in [-0.4, -0.2) is 28.2 Å². The van der Waals surface area contributed by atoms with E-state index in [-0.39, 0.29) is 0 Å². The predicted molar refractivity (Wildman–Crippen MR) is 79.2 cm³/mol. The van der Waals surface area contributed by atoms with Gasteiger partial charge in [0.15, 0.2) is 0 Å². The van der Waals surface area contributed by atoms with Gasteiger partial charge in [-0.25, -0.2) is 4.98 Å². The molecule has 0 aliphatic heterocycles. The lowest BCUT2D eigenvalue weighted by Gasteiger charge is -2.08. The van der Waals surface area contributed by atoms with E-state index in [0.29, 0.717) is 30.3 Å². The van der Waals surface area contributed by atoms with E-state index in [0.717, 1.165) is 17.0 Å². The zero-order chi connectivity index (χ0) is 14.4. The van der Waals surface area contributed by atoms with E-state index in [1.54, 1.807) is 18.5 Å². The lowest BCUT2D eigenvalue weighted by atomic mass is 10.2. The molecule has 0 saturated heterocycles. The first-order valence-corrected chi connectivity index (χ1v) is 6.90. The maximum atomic E-state index is 5.45. The fraction of sp³-hybridized carbons (Fsp3) is 0.357. The number of ether oxygens (including phenoxy) is 2. The van der Waals surface area contributed by atoms with Gasteiger partial charge in [0.1, 0.15) is 22.8 Å². The molecule has 0 radical (unpaired) electrons. The minimum absolute atomic E-state index is 0.409. The molecule has 5 nitrogen and oxygen atoms in total. The van der Waals surface area contributed by atoms with Crippen molar-refractivity contribution in [3.05, 3.63) is 35.0 Å². The van der Waals surface area contributed by atoms with Gasteiger partial charge in [-0.05, 0) is 26.0 Å². The smallest absolute Gasteiger partial charge is 0.138 e. The van der Waals surface area contributed by atoms with Crippen LogP contribution in [0.15, 0.2) is 24.5 Å². The van der Waals surface area contributed by atoms with E-state index in [1.165, 1.54) is 0 Å². The van der Waals surface area contributed by atoms with Gasteiger partial charge >= 0.3 is 0 Å². The van der Waals surface area contributed by atoms with Crippen molar-refractivity contribution in [2.75, 3.05) is 13.2 Å². The van der Waals surface area contributed by atoms with Gasteiger partial charge in [0.25, 0.3) is 0 Å². The van der Waals surface area contributed by atoms with Gasteiger partial charge in [-0.3, -0.25) is 4.98 Å². The van der Waals surface area contributed by atoms with E-state index in [4.69, 9.17) is 21.7 Å². The van der Waals surface area contributed by atoms with Gasteiger partial charge in [0.05, 0.1) is 18.5 Å². The van der Waals surface area contributed by atoms with Crippen molar-refractivity contribution in [1.82, 2.24) is 15.0 Å². The summed E-state index contributed by atoms with van der Waals surface area (Å²) < 4.78 is 11.3. The first kappa shape index (κ1) is 14.6. The quantitative estimate of drug-likeness (QED) is 0.829. The predicted octanol–water partition coefficient (Wildman–Crippen LogP) is 3.14. The lowest BCUT2D eigenvalue weighted by molar-refractivity contribution is 0.128. The summed E-state index contributed by atoms with van der Waals surface area (Å²) in [4.78, 5) is 11.6. The molecule has 0 saturated carbocycles. The number of aromatic nitrogens is 3. The Labute approximate surface area is 123 Å². The first-order chi connectivity index (χ1) is 9.72. The molecule has 106 valence electrons. The topological polar surface area (TPSA) is 60.0 Å². The average Bonchev–Trinajstić information content (AvgIpc) is 2.45. The third kappa shape index (κ3) is 3.85. The summed E-state index contributed by atoms with van der Waals surface area (Å²) >= 11 is 5.18. The Morgan fingerprint density at radius 3 is 2.80 bits per heavy atom. The van der Waals surface area contributed by atoms with Crippen LogP contribution in [0.3, 0.4) is 0 Å². The fourth-order valence-electron chi connectivity index (χ4n) is 1.74. The van der Waals surface area contributed by atoms with Gasteiger partial charge in [-0.2, -0.15) is 0 Å². The summed E-state index contributed by atoms with van der Waals surface area (Å²) in [5.74, 6) is 1.43. The summed E-state index contributed by atoms with van der Waals surface area (Å²) in [5.41, 5.74) is 1.76. The van der Waals surface area contributed by atoms with E-state index < -0.39 is 0 Å². The number of nitrogens with one attached hydrogen (secondary N) is 1. The SMILES string of the molecule is CCOCc1nc(=S)cc(-c2cncc(OCC)c2)[nH]1. The number of H-pyrrole nitrogens is 1. The number of aromatic amines is 1. The van der Waals surface area contributed by atoms with Crippen LogP contribution in [-0.2, 0) is 11.3 Å². The zero-order valence-corrected chi connectivity index (χ0v) is 12.4. The Bertz CT molecular complexity index is 628. The van der Waals surface area contributed by atoms with Crippen molar-refractivity contribution < 1.29 is 9.47 Å². The highest BCUT2D eigenvalue weighted by atomic mass is 32.1. The second-order valence-corrected chi connectivity index (χ2v) is 4.48. The van der Waals surface area contributed by atoms with Crippen LogP contribution in [0.1, 0.15) is 19.7 Å². The number of nitrogens with zero attached hydrogens (tertiary/aromatic N) is 2. The maximum absolute atomic E-state index is 5.45. The minimum Gasteiger partial charge on any atom is -0.492 e. The second-order valence-electron chi connectivity index (χ2n) is 4.06. The average molecular weight is 291 g/mol. The molecule has 0 bridgehead atoms. The second kappa shape index (κ2) is 7.12. The standard InChI is InChI=1S/C14H17N3O2S/c1-3-18-9-13-16-12(6-14(20)17-13)10-5-11(19-4-2)8-15-7-10/h5-8H,3-4,9H2,1-2H3,(H,16,17,20). The summed E-state index contributed by atoms with van der Waals surface area (Å²) in [6.07, 6.45) is 3.44. The van der Waals surface area contributed by atoms with Crippen LogP contribution in [0.2, 0.25) is 0 Å². The molecule has 0 spiro atoms. The molecule has 2 aromatic heterocycles. The van der Waals surface area contributed by atoms with Gasteiger partial charge in [-0.15, -0.1) is 0 Å².